The summed E-state index contributed by atoms with van der Waals surface area (Å²) >= 11 is 0. The van der Waals surface area contributed by atoms with E-state index in [2.05, 4.69) is 19.8 Å². The van der Waals surface area contributed by atoms with Crippen LogP contribution in [0.15, 0.2) is 17.2 Å². The molecule has 2 rings (SSSR count). The minimum absolute atomic E-state index is 0.0146. The summed E-state index contributed by atoms with van der Waals surface area (Å²) in [6, 6.07) is 1.75. The fraction of sp³-hybridized carbons (Fsp3) is 0.300. The van der Waals surface area contributed by atoms with Crippen LogP contribution in [0.1, 0.15) is 11.4 Å². The van der Waals surface area contributed by atoms with E-state index in [-0.39, 0.29) is 16.7 Å². The predicted octanol–water partition coefficient (Wildman–Crippen LogP) is 0.210. The molecule has 2 aromatic rings. The third-order valence-electron chi connectivity index (χ3n) is 2.32. The molecular weight excluding hydrogens is 268 g/mol. The zero-order valence-electron chi connectivity index (χ0n) is 10.7. The Labute approximate surface area is 110 Å². The van der Waals surface area contributed by atoms with Crippen molar-refractivity contribution in [1.29, 1.82) is 0 Å². The van der Waals surface area contributed by atoms with Crippen molar-refractivity contribution < 1.29 is 8.42 Å². The maximum atomic E-state index is 12.1. The van der Waals surface area contributed by atoms with Crippen LogP contribution in [0, 0.1) is 13.8 Å². The van der Waals surface area contributed by atoms with E-state index in [1.54, 1.807) is 27.0 Å². The van der Waals surface area contributed by atoms with Gasteiger partial charge in [0, 0.05) is 24.6 Å². The Hall–Kier alpha value is -2.16. The third kappa shape index (κ3) is 2.81. The van der Waals surface area contributed by atoms with E-state index in [4.69, 9.17) is 5.73 Å². The summed E-state index contributed by atoms with van der Waals surface area (Å²) in [5, 5.41) is 3.79. The minimum atomic E-state index is -3.84. The van der Waals surface area contributed by atoms with Gasteiger partial charge < -0.3 is 5.73 Å². The van der Waals surface area contributed by atoms with Crippen molar-refractivity contribution in [3.8, 4) is 0 Å². The van der Waals surface area contributed by atoms with Crippen molar-refractivity contribution >= 4 is 21.8 Å². The number of rotatable bonds is 3. The lowest BCUT2D eigenvalue weighted by Gasteiger charge is -2.06. The van der Waals surface area contributed by atoms with Gasteiger partial charge in [-0.15, -0.1) is 0 Å². The first kappa shape index (κ1) is 13.3. The van der Waals surface area contributed by atoms with E-state index >= 15 is 0 Å². The molecule has 0 bridgehead atoms. The summed E-state index contributed by atoms with van der Waals surface area (Å²) in [6.07, 6.45) is 1.32. The van der Waals surface area contributed by atoms with E-state index in [1.807, 2.05) is 0 Å². The summed E-state index contributed by atoms with van der Waals surface area (Å²) in [5.74, 6) is -0.0554. The second-order valence-corrected chi connectivity index (χ2v) is 5.78. The summed E-state index contributed by atoms with van der Waals surface area (Å²) in [6.45, 7) is 3.51. The maximum absolute atomic E-state index is 12.1. The lowest BCUT2D eigenvalue weighted by Crippen LogP contribution is -2.16. The summed E-state index contributed by atoms with van der Waals surface area (Å²) < 4.78 is 27.9. The van der Waals surface area contributed by atoms with E-state index in [9.17, 15) is 8.42 Å². The third-order valence-corrected chi connectivity index (χ3v) is 3.66. The Kier molecular flexibility index (Phi) is 3.14. The molecule has 9 heteroatoms. The molecule has 0 aliphatic heterocycles. The highest BCUT2D eigenvalue weighted by Gasteiger charge is 2.21. The Bertz CT molecular complexity index is 701. The standard InChI is InChI=1S/C10H14N6O2S/c1-6-4-7(2)13-10(12-6)15-19(17,18)8-5-16(3)14-9(8)11/h4-5H,1-3H3,(H2,11,14)(H,12,13,15). The summed E-state index contributed by atoms with van der Waals surface area (Å²) in [5.41, 5.74) is 6.89. The molecule has 0 radical (unpaired) electrons. The van der Waals surface area contributed by atoms with Gasteiger partial charge in [-0.05, 0) is 19.9 Å². The van der Waals surface area contributed by atoms with Gasteiger partial charge in [0.15, 0.2) is 5.82 Å². The van der Waals surface area contributed by atoms with Gasteiger partial charge in [0.1, 0.15) is 4.90 Å². The first-order valence-electron chi connectivity index (χ1n) is 5.42. The molecule has 0 aromatic carbocycles. The molecule has 2 aromatic heterocycles. The number of nitrogens with one attached hydrogen (secondary N) is 1. The van der Waals surface area contributed by atoms with Crippen LogP contribution < -0.4 is 10.5 Å². The van der Waals surface area contributed by atoms with Gasteiger partial charge in [-0.1, -0.05) is 0 Å². The first-order valence-corrected chi connectivity index (χ1v) is 6.90. The van der Waals surface area contributed by atoms with Crippen molar-refractivity contribution in [3.63, 3.8) is 0 Å². The Morgan fingerprint density at radius 2 is 1.84 bits per heavy atom. The zero-order valence-corrected chi connectivity index (χ0v) is 11.6. The fourth-order valence-electron chi connectivity index (χ4n) is 1.64. The molecule has 19 heavy (non-hydrogen) atoms. The number of hydrogen-bond donors (Lipinski definition) is 2. The number of sulfonamides is 1. The highest BCUT2D eigenvalue weighted by Crippen LogP contribution is 2.18. The topological polar surface area (TPSA) is 116 Å². The summed E-state index contributed by atoms with van der Waals surface area (Å²) in [4.78, 5) is 7.92. The minimum Gasteiger partial charge on any atom is -0.381 e. The van der Waals surface area contributed by atoms with Gasteiger partial charge >= 0.3 is 0 Å². The van der Waals surface area contributed by atoms with Crippen LogP contribution in [0.5, 0.6) is 0 Å². The predicted molar refractivity (Wildman–Crippen MR) is 69.9 cm³/mol. The molecule has 102 valence electrons. The number of hydrogen-bond acceptors (Lipinski definition) is 6. The molecule has 2 heterocycles. The van der Waals surface area contributed by atoms with Crippen LogP contribution in [0.25, 0.3) is 0 Å². The smallest absolute Gasteiger partial charge is 0.269 e. The summed E-state index contributed by atoms with van der Waals surface area (Å²) in [7, 11) is -2.25. The lowest BCUT2D eigenvalue weighted by atomic mass is 10.4. The Morgan fingerprint density at radius 1 is 1.26 bits per heavy atom. The van der Waals surface area contributed by atoms with Crippen LogP contribution in [-0.4, -0.2) is 28.2 Å². The molecule has 0 unspecified atom stereocenters. The largest absolute Gasteiger partial charge is 0.381 e. The number of aryl methyl sites for hydroxylation is 3. The second kappa shape index (κ2) is 4.50. The maximum Gasteiger partial charge on any atom is 0.269 e. The van der Waals surface area contributed by atoms with Crippen LogP contribution >= 0.6 is 0 Å². The highest BCUT2D eigenvalue weighted by atomic mass is 32.2. The van der Waals surface area contributed by atoms with E-state index in [0.29, 0.717) is 11.4 Å². The quantitative estimate of drug-likeness (QED) is 0.831. The van der Waals surface area contributed by atoms with Crippen molar-refractivity contribution in [2.75, 3.05) is 10.5 Å². The highest BCUT2D eigenvalue weighted by molar-refractivity contribution is 7.92. The molecule has 0 atom stereocenters. The Morgan fingerprint density at radius 3 is 2.32 bits per heavy atom. The number of nitrogens with zero attached hydrogens (tertiary/aromatic N) is 4. The molecule has 0 aliphatic carbocycles. The lowest BCUT2D eigenvalue weighted by molar-refractivity contribution is 0.601. The monoisotopic (exact) mass is 282 g/mol. The molecule has 0 amide bonds. The van der Waals surface area contributed by atoms with E-state index in [1.165, 1.54) is 10.9 Å². The van der Waals surface area contributed by atoms with Gasteiger partial charge in [-0.3, -0.25) is 4.68 Å². The molecule has 0 fully saturated rings. The van der Waals surface area contributed by atoms with Crippen LogP contribution in [0.3, 0.4) is 0 Å². The SMILES string of the molecule is Cc1cc(C)nc(NS(=O)(=O)c2cn(C)nc2N)n1. The average molecular weight is 282 g/mol. The van der Waals surface area contributed by atoms with Crippen molar-refractivity contribution in [3.05, 3.63) is 23.7 Å². The van der Waals surface area contributed by atoms with E-state index < -0.39 is 10.0 Å². The van der Waals surface area contributed by atoms with Crippen molar-refractivity contribution in [1.82, 2.24) is 19.7 Å². The molecule has 0 saturated heterocycles. The number of nitrogen functional groups attached to an aromatic ring is 1. The molecular formula is C10H14N6O2S. The van der Waals surface area contributed by atoms with E-state index in [0.717, 1.165) is 0 Å². The first-order chi connectivity index (χ1) is 8.78. The number of nitrogens with two attached hydrogens (primary N) is 1. The van der Waals surface area contributed by atoms with Crippen LogP contribution in [-0.2, 0) is 17.1 Å². The molecule has 0 spiro atoms. The fourth-order valence-corrected chi connectivity index (χ4v) is 2.69. The van der Waals surface area contributed by atoms with Gasteiger partial charge in [-0.2, -0.15) is 5.10 Å². The van der Waals surface area contributed by atoms with Crippen LogP contribution in [0.2, 0.25) is 0 Å². The number of anilines is 2. The molecule has 3 N–H and O–H groups in total. The van der Waals surface area contributed by atoms with Crippen molar-refractivity contribution in [2.24, 2.45) is 7.05 Å². The zero-order chi connectivity index (χ0) is 14.2. The second-order valence-electron chi connectivity index (χ2n) is 4.13. The van der Waals surface area contributed by atoms with Gasteiger partial charge in [-0.25, -0.2) is 23.1 Å². The molecule has 8 nitrogen and oxygen atoms in total. The average Bonchev–Trinajstić information content (AvgIpc) is 2.56. The Balaban J connectivity index is 2.39. The number of aromatic nitrogens is 4. The molecule has 0 aliphatic rings. The van der Waals surface area contributed by atoms with Gasteiger partial charge in [0.05, 0.1) is 0 Å². The van der Waals surface area contributed by atoms with Crippen molar-refractivity contribution in [2.45, 2.75) is 18.7 Å². The van der Waals surface area contributed by atoms with Crippen LogP contribution in [0.4, 0.5) is 11.8 Å². The van der Waals surface area contributed by atoms with Gasteiger partial charge in [0.2, 0.25) is 5.95 Å². The van der Waals surface area contributed by atoms with Gasteiger partial charge in [0.25, 0.3) is 10.0 Å². The normalized spacial score (nSPS) is 11.5. The molecule has 0 saturated carbocycles.